The number of carbonyl (C=O) groups is 2. The number of furan rings is 1. The predicted octanol–water partition coefficient (Wildman–Crippen LogP) is 8.46. The van der Waals surface area contributed by atoms with Crippen LogP contribution in [0.5, 0.6) is 0 Å². The van der Waals surface area contributed by atoms with Gasteiger partial charge in [0.25, 0.3) is 5.91 Å². The second-order valence-corrected chi connectivity index (χ2v) is 10.3. The van der Waals surface area contributed by atoms with Crippen LogP contribution in [-0.2, 0) is 24.1 Å². The van der Waals surface area contributed by atoms with E-state index in [1.807, 2.05) is 85.8 Å². The average Bonchev–Trinajstić information content (AvgIpc) is 3.46. The number of carbonyl (C=O) groups excluding carboxylic acids is 1. The number of fused-ring (bicyclic) bond motifs is 1. The van der Waals surface area contributed by atoms with Gasteiger partial charge < -0.3 is 14.4 Å². The lowest BCUT2D eigenvalue weighted by molar-refractivity contribution is -0.153. The minimum Gasteiger partial charge on any atom is -0.481 e. The van der Waals surface area contributed by atoms with Crippen LogP contribution < -0.4 is 0 Å². The van der Waals surface area contributed by atoms with Crippen LogP contribution in [0.2, 0.25) is 0 Å². The summed E-state index contributed by atoms with van der Waals surface area (Å²) >= 11 is 0. The molecular formula is C34H28F3NO4. The zero-order chi connectivity index (χ0) is 30.0. The summed E-state index contributed by atoms with van der Waals surface area (Å²) in [7, 11) is 0. The van der Waals surface area contributed by atoms with Crippen molar-refractivity contribution in [3.8, 4) is 11.1 Å². The van der Waals surface area contributed by atoms with Crippen LogP contribution in [-0.4, -0.2) is 21.9 Å². The van der Waals surface area contributed by atoms with Gasteiger partial charge in [-0.15, -0.1) is 0 Å². The summed E-state index contributed by atoms with van der Waals surface area (Å²) in [5.41, 5.74) is 4.40. The third-order valence-corrected chi connectivity index (χ3v) is 7.34. The molecule has 0 unspecified atom stereocenters. The molecule has 5 rings (SSSR count). The Kier molecular flexibility index (Phi) is 7.89. The maximum atomic E-state index is 14.1. The zero-order valence-electron chi connectivity index (χ0n) is 23.0. The molecule has 0 bridgehead atoms. The van der Waals surface area contributed by atoms with E-state index in [0.29, 0.717) is 11.1 Å². The number of hydrogen-bond donors (Lipinski definition) is 1. The summed E-state index contributed by atoms with van der Waals surface area (Å²) in [6.45, 7) is 3.43. The fourth-order valence-electron chi connectivity index (χ4n) is 4.98. The van der Waals surface area contributed by atoms with Crippen molar-refractivity contribution in [1.82, 2.24) is 4.90 Å². The second kappa shape index (κ2) is 11.6. The summed E-state index contributed by atoms with van der Waals surface area (Å²) in [6, 6.07) is 28.1. The van der Waals surface area contributed by atoms with Crippen LogP contribution in [0.4, 0.5) is 13.2 Å². The fraction of sp³-hybridized carbons (Fsp3) is 0.176. The van der Waals surface area contributed by atoms with Crippen molar-refractivity contribution in [1.29, 1.82) is 0 Å². The molecule has 5 nitrogen and oxygen atoms in total. The average molecular weight is 572 g/mol. The van der Waals surface area contributed by atoms with Gasteiger partial charge in [-0.25, -0.2) is 0 Å². The highest BCUT2D eigenvalue weighted by Gasteiger charge is 2.35. The molecule has 8 heteroatoms. The summed E-state index contributed by atoms with van der Waals surface area (Å²) in [5, 5.41) is 11.0. The number of aliphatic carboxylic acids is 1. The standard InChI is InChI=1S/C34H28F3NO4/c1-21-10-13-25-6-3-4-9-29(25)31(21)32(39)38(20-28-16-17-30(42-28)34(35,36)37)19-23-11-14-24(15-12-23)27-8-5-7-26(18-27)22(2)33(40)41/h3-18,22H,19-20H2,1-2H3,(H,40,41)/t22-/m0/s1. The molecule has 4 aromatic carbocycles. The quantitative estimate of drug-likeness (QED) is 0.203. The van der Waals surface area contributed by atoms with Gasteiger partial charge in [-0.05, 0) is 64.6 Å². The molecule has 214 valence electrons. The normalized spacial score (nSPS) is 12.3. The van der Waals surface area contributed by atoms with Crippen LogP contribution in [0.25, 0.3) is 21.9 Å². The highest BCUT2D eigenvalue weighted by molar-refractivity contribution is 6.08. The molecule has 0 radical (unpaired) electrons. The number of aryl methyl sites for hydroxylation is 1. The van der Waals surface area contributed by atoms with E-state index in [0.717, 1.165) is 39.1 Å². The van der Waals surface area contributed by atoms with Gasteiger partial charge >= 0.3 is 12.1 Å². The minimum atomic E-state index is -4.63. The maximum absolute atomic E-state index is 14.1. The lowest BCUT2D eigenvalue weighted by atomic mass is 9.96. The molecule has 5 aromatic rings. The first-order chi connectivity index (χ1) is 20.0. The Balaban J connectivity index is 1.47. The fourth-order valence-corrected chi connectivity index (χ4v) is 4.98. The molecule has 42 heavy (non-hydrogen) atoms. The van der Waals surface area contributed by atoms with E-state index in [4.69, 9.17) is 4.42 Å². The van der Waals surface area contributed by atoms with Crippen molar-refractivity contribution >= 4 is 22.6 Å². The Morgan fingerprint density at radius 3 is 2.29 bits per heavy atom. The summed E-state index contributed by atoms with van der Waals surface area (Å²) < 4.78 is 44.7. The van der Waals surface area contributed by atoms with E-state index in [-0.39, 0.29) is 24.8 Å². The van der Waals surface area contributed by atoms with Crippen LogP contribution in [0.1, 0.15) is 51.4 Å². The van der Waals surface area contributed by atoms with Gasteiger partial charge in [0.1, 0.15) is 5.76 Å². The van der Waals surface area contributed by atoms with E-state index in [2.05, 4.69) is 0 Å². The van der Waals surface area contributed by atoms with Crippen molar-refractivity contribution in [2.24, 2.45) is 0 Å². The lowest BCUT2D eigenvalue weighted by Crippen LogP contribution is -2.30. The SMILES string of the molecule is Cc1ccc2ccccc2c1C(=O)N(Cc1ccc(-c2cccc([C@H](C)C(=O)O)c2)cc1)Cc1ccc(C(F)(F)F)o1. The monoisotopic (exact) mass is 571 g/mol. The van der Waals surface area contributed by atoms with Crippen LogP contribution >= 0.6 is 0 Å². The number of rotatable bonds is 8. The van der Waals surface area contributed by atoms with E-state index in [9.17, 15) is 27.9 Å². The number of hydrogen-bond acceptors (Lipinski definition) is 3. The Labute approximate surface area is 240 Å². The number of carboxylic acid groups (broad SMARTS) is 1. The van der Waals surface area contributed by atoms with Crippen molar-refractivity contribution in [2.75, 3.05) is 0 Å². The summed E-state index contributed by atoms with van der Waals surface area (Å²) in [6.07, 6.45) is -4.63. The molecule has 1 N–H and O–H groups in total. The Morgan fingerprint density at radius 1 is 0.857 bits per heavy atom. The van der Waals surface area contributed by atoms with Gasteiger partial charge in [-0.2, -0.15) is 13.2 Å². The van der Waals surface area contributed by atoms with Gasteiger partial charge in [-0.1, -0.05) is 84.9 Å². The van der Waals surface area contributed by atoms with Crippen molar-refractivity contribution in [3.63, 3.8) is 0 Å². The first-order valence-corrected chi connectivity index (χ1v) is 13.4. The zero-order valence-corrected chi connectivity index (χ0v) is 23.0. The molecule has 1 atom stereocenters. The van der Waals surface area contributed by atoms with Gasteiger partial charge in [0.2, 0.25) is 5.76 Å². The van der Waals surface area contributed by atoms with Crippen LogP contribution in [0.3, 0.4) is 0 Å². The summed E-state index contributed by atoms with van der Waals surface area (Å²) in [4.78, 5) is 27.0. The molecule has 0 saturated heterocycles. The van der Waals surface area contributed by atoms with E-state index < -0.39 is 23.8 Å². The van der Waals surface area contributed by atoms with Gasteiger partial charge in [-0.3, -0.25) is 9.59 Å². The van der Waals surface area contributed by atoms with Crippen LogP contribution in [0.15, 0.2) is 101 Å². The number of carboxylic acids is 1. The van der Waals surface area contributed by atoms with Gasteiger partial charge in [0, 0.05) is 6.54 Å². The van der Waals surface area contributed by atoms with E-state index in [1.165, 1.54) is 11.0 Å². The summed E-state index contributed by atoms with van der Waals surface area (Å²) in [5.74, 6) is -2.98. The smallest absolute Gasteiger partial charge is 0.449 e. The molecule has 1 aromatic heterocycles. The van der Waals surface area contributed by atoms with Crippen molar-refractivity contribution < 1.29 is 32.3 Å². The first kappa shape index (κ1) is 28.7. The second-order valence-electron chi connectivity index (χ2n) is 10.3. The maximum Gasteiger partial charge on any atom is 0.449 e. The number of nitrogens with zero attached hydrogens (tertiary/aromatic N) is 1. The van der Waals surface area contributed by atoms with Gasteiger partial charge in [0.15, 0.2) is 0 Å². The molecule has 0 aliphatic heterocycles. The van der Waals surface area contributed by atoms with Crippen molar-refractivity contribution in [3.05, 3.63) is 131 Å². The first-order valence-electron chi connectivity index (χ1n) is 13.4. The number of benzene rings is 4. The van der Waals surface area contributed by atoms with Gasteiger partial charge in [0.05, 0.1) is 18.0 Å². The molecular weight excluding hydrogens is 543 g/mol. The predicted molar refractivity (Wildman–Crippen MR) is 154 cm³/mol. The van der Waals surface area contributed by atoms with E-state index in [1.54, 1.807) is 13.0 Å². The topological polar surface area (TPSA) is 70.8 Å². The lowest BCUT2D eigenvalue weighted by Gasteiger charge is -2.24. The van der Waals surface area contributed by atoms with E-state index >= 15 is 0 Å². The molecule has 0 aliphatic carbocycles. The van der Waals surface area contributed by atoms with Crippen LogP contribution in [0, 0.1) is 6.92 Å². The Bertz CT molecular complexity index is 1760. The third-order valence-electron chi connectivity index (χ3n) is 7.34. The molecule has 0 saturated carbocycles. The van der Waals surface area contributed by atoms with Crippen molar-refractivity contribution in [2.45, 2.75) is 39.0 Å². The Morgan fingerprint density at radius 2 is 1.60 bits per heavy atom. The molecule has 0 fully saturated rings. The molecule has 1 heterocycles. The highest BCUT2D eigenvalue weighted by atomic mass is 19.4. The largest absolute Gasteiger partial charge is 0.481 e. The Hall–Kier alpha value is -4.85. The number of alkyl halides is 3. The molecule has 0 aliphatic rings. The molecule has 1 amide bonds. The number of halogens is 3. The molecule has 0 spiro atoms. The number of amides is 1. The highest BCUT2D eigenvalue weighted by Crippen LogP contribution is 2.32. The third kappa shape index (κ3) is 6.07. The minimum absolute atomic E-state index is 0.0227.